The van der Waals surface area contributed by atoms with Crippen molar-refractivity contribution in [2.24, 2.45) is 0 Å². The molecular weight excluding hydrogens is 362 g/mol. The molecule has 0 unspecified atom stereocenters. The second-order valence-corrected chi connectivity index (χ2v) is 8.01. The minimum absolute atomic E-state index is 0.231. The highest BCUT2D eigenvalue weighted by molar-refractivity contribution is 7.89. The number of piperazine rings is 1. The van der Waals surface area contributed by atoms with Crippen molar-refractivity contribution in [2.45, 2.75) is 11.4 Å². The average Bonchev–Trinajstić information content (AvgIpc) is 2.65. The van der Waals surface area contributed by atoms with Gasteiger partial charge < -0.3 is 4.74 Å². The molecule has 26 heavy (non-hydrogen) atoms. The molecule has 0 atom stereocenters. The monoisotopic (exact) mass is 382 g/mol. The minimum atomic E-state index is -4.05. The maximum atomic E-state index is 13.9. The molecule has 0 aromatic heterocycles. The van der Waals surface area contributed by atoms with Gasteiger partial charge in [-0.1, -0.05) is 12.1 Å². The molecule has 0 amide bonds. The first kappa shape index (κ1) is 18.8. The Balaban J connectivity index is 1.64. The van der Waals surface area contributed by atoms with Crippen molar-refractivity contribution in [3.05, 3.63) is 59.7 Å². The van der Waals surface area contributed by atoms with Crippen LogP contribution in [0.2, 0.25) is 0 Å². The predicted octanol–water partition coefficient (Wildman–Crippen LogP) is 2.48. The van der Waals surface area contributed by atoms with E-state index < -0.39 is 26.6 Å². The van der Waals surface area contributed by atoms with Crippen molar-refractivity contribution in [1.82, 2.24) is 9.21 Å². The van der Waals surface area contributed by atoms with Crippen LogP contribution in [0.5, 0.6) is 5.75 Å². The Bertz CT molecular complexity index is 865. The molecule has 1 aliphatic heterocycles. The molecular formula is C18H20F2N2O3S. The van der Waals surface area contributed by atoms with Crippen LogP contribution < -0.4 is 4.74 Å². The summed E-state index contributed by atoms with van der Waals surface area (Å²) in [4.78, 5) is 1.51. The van der Waals surface area contributed by atoms with Gasteiger partial charge in [-0.25, -0.2) is 17.2 Å². The van der Waals surface area contributed by atoms with Gasteiger partial charge in [-0.05, 0) is 35.9 Å². The van der Waals surface area contributed by atoms with E-state index in [1.165, 1.54) is 4.31 Å². The van der Waals surface area contributed by atoms with Crippen LogP contribution in [0.25, 0.3) is 0 Å². The Morgan fingerprint density at radius 3 is 2.27 bits per heavy atom. The third kappa shape index (κ3) is 4.03. The molecule has 2 aromatic carbocycles. The topological polar surface area (TPSA) is 49.9 Å². The first-order valence-corrected chi connectivity index (χ1v) is 9.64. The second kappa shape index (κ2) is 7.69. The van der Waals surface area contributed by atoms with Gasteiger partial charge in [0.2, 0.25) is 10.0 Å². The number of benzene rings is 2. The molecule has 1 aliphatic rings. The van der Waals surface area contributed by atoms with Crippen LogP contribution >= 0.6 is 0 Å². The molecule has 0 saturated carbocycles. The Morgan fingerprint density at radius 1 is 1.00 bits per heavy atom. The summed E-state index contributed by atoms with van der Waals surface area (Å²) in [5, 5.41) is 0. The molecule has 0 radical (unpaired) electrons. The molecule has 1 saturated heterocycles. The van der Waals surface area contributed by atoms with Gasteiger partial charge >= 0.3 is 0 Å². The number of hydrogen-bond acceptors (Lipinski definition) is 4. The lowest BCUT2D eigenvalue weighted by Crippen LogP contribution is -2.48. The van der Waals surface area contributed by atoms with Crippen LogP contribution in [0.1, 0.15) is 5.56 Å². The molecule has 8 heteroatoms. The third-order valence-electron chi connectivity index (χ3n) is 4.41. The van der Waals surface area contributed by atoms with E-state index in [1.807, 2.05) is 24.3 Å². The number of rotatable bonds is 5. The highest BCUT2D eigenvalue weighted by atomic mass is 32.2. The molecule has 2 aromatic rings. The van der Waals surface area contributed by atoms with E-state index in [0.717, 1.165) is 29.5 Å². The largest absolute Gasteiger partial charge is 0.497 e. The number of halogens is 2. The zero-order valence-electron chi connectivity index (χ0n) is 14.4. The summed E-state index contributed by atoms with van der Waals surface area (Å²) in [5.74, 6) is -0.933. The summed E-state index contributed by atoms with van der Waals surface area (Å²) in [5.41, 5.74) is 1.10. The van der Waals surface area contributed by atoms with Gasteiger partial charge in [-0.3, -0.25) is 4.90 Å². The summed E-state index contributed by atoms with van der Waals surface area (Å²) < 4.78 is 58.7. The van der Waals surface area contributed by atoms with E-state index in [-0.39, 0.29) is 13.1 Å². The van der Waals surface area contributed by atoms with Gasteiger partial charge in [0.25, 0.3) is 0 Å². The first-order chi connectivity index (χ1) is 12.4. The first-order valence-electron chi connectivity index (χ1n) is 8.20. The minimum Gasteiger partial charge on any atom is -0.497 e. The number of hydrogen-bond donors (Lipinski definition) is 0. The summed E-state index contributed by atoms with van der Waals surface area (Å²) >= 11 is 0. The zero-order valence-corrected chi connectivity index (χ0v) is 15.2. The molecule has 1 heterocycles. The van der Waals surface area contributed by atoms with E-state index in [9.17, 15) is 17.2 Å². The molecule has 0 bridgehead atoms. The molecule has 1 fully saturated rings. The fourth-order valence-electron chi connectivity index (χ4n) is 2.93. The Hall–Kier alpha value is -2.03. The molecule has 140 valence electrons. The fraction of sp³-hybridized carbons (Fsp3) is 0.333. The van der Waals surface area contributed by atoms with Crippen molar-refractivity contribution < 1.29 is 21.9 Å². The molecule has 0 aliphatic carbocycles. The average molecular weight is 382 g/mol. The van der Waals surface area contributed by atoms with E-state index >= 15 is 0 Å². The van der Waals surface area contributed by atoms with Crippen LogP contribution in [0.3, 0.4) is 0 Å². The van der Waals surface area contributed by atoms with Gasteiger partial charge in [0.1, 0.15) is 22.3 Å². The van der Waals surface area contributed by atoms with E-state index in [0.29, 0.717) is 19.6 Å². The summed E-state index contributed by atoms with van der Waals surface area (Å²) in [6.45, 7) is 2.18. The Morgan fingerprint density at radius 2 is 1.65 bits per heavy atom. The van der Waals surface area contributed by atoms with Crippen molar-refractivity contribution in [1.29, 1.82) is 0 Å². The lowest BCUT2D eigenvalue weighted by molar-refractivity contribution is 0.181. The van der Waals surface area contributed by atoms with Crippen LogP contribution in [0.4, 0.5) is 8.78 Å². The number of sulfonamides is 1. The van der Waals surface area contributed by atoms with Gasteiger partial charge in [0.15, 0.2) is 0 Å². The van der Waals surface area contributed by atoms with Gasteiger partial charge in [0.05, 0.1) is 7.11 Å². The third-order valence-corrected chi connectivity index (χ3v) is 6.32. The summed E-state index contributed by atoms with van der Waals surface area (Å²) in [7, 11) is -2.44. The molecule has 5 nitrogen and oxygen atoms in total. The highest BCUT2D eigenvalue weighted by Crippen LogP contribution is 2.22. The van der Waals surface area contributed by atoms with Gasteiger partial charge in [0, 0.05) is 32.7 Å². The van der Waals surface area contributed by atoms with Crippen molar-refractivity contribution in [2.75, 3.05) is 33.3 Å². The molecule has 0 spiro atoms. The summed E-state index contributed by atoms with van der Waals surface area (Å²) in [6.07, 6.45) is 0. The van der Waals surface area contributed by atoms with E-state index in [4.69, 9.17) is 4.74 Å². The van der Waals surface area contributed by atoms with Crippen molar-refractivity contribution in [3.63, 3.8) is 0 Å². The van der Waals surface area contributed by atoms with Crippen LogP contribution in [-0.4, -0.2) is 50.9 Å². The standard InChI is InChI=1S/C18H20F2N2O3S/c1-25-16-5-2-14(3-6-16)13-21-8-10-22(11-9-21)26(23,24)18-12-15(19)4-7-17(18)20/h2-7,12H,8-11,13H2,1H3. The van der Waals surface area contributed by atoms with E-state index in [1.54, 1.807) is 7.11 Å². The second-order valence-electron chi connectivity index (χ2n) is 6.10. The van der Waals surface area contributed by atoms with Crippen LogP contribution in [0, 0.1) is 11.6 Å². The SMILES string of the molecule is COc1ccc(CN2CCN(S(=O)(=O)c3cc(F)ccc3F)CC2)cc1. The number of ether oxygens (including phenoxy) is 1. The molecule has 3 rings (SSSR count). The Labute approximate surface area is 151 Å². The maximum Gasteiger partial charge on any atom is 0.246 e. The normalized spacial score (nSPS) is 16.6. The van der Waals surface area contributed by atoms with Crippen LogP contribution in [0.15, 0.2) is 47.4 Å². The fourth-order valence-corrected chi connectivity index (χ4v) is 4.43. The van der Waals surface area contributed by atoms with Crippen molar-refractivity contribution >= 4 is 10.0 Å². The highest BCUT2D eigenvalue weighted by Gasteiger charge is 2.31. The van der Waals surface area contributed by atoms with Crippen LogP contribution in [-0.2, 0) is 16.6 Å². The zero-order chi connectivity index (χ0) is 18.7. The summed E-state index contributed by atoms with van der Waals surface area (Å²) in [6, 6.07) is 10.2. The van der Waals surface area contributed by atoms with E-state index in [2.05, 4.69) is 4.90 Å². The lowest BCUT2D eigenvalue weighted by Gasteiger charge is -2.34. The number of methoxy groups -OCH3 is 1. The number of nitrogens with zero attached hydrogens (tertiary/aromatic N) is 2. The Kier molecular flexibility index (Phi) is 5.55. The lowest BCUT2D eigenvalue weighted by atomic mass is 10.2. The van der Waals surface area contributed by atoms with Crippen molar-refractivity contribution in [3.8, 4) is 5.75 Å². The molecule has 0 N–H and O–H groups in total. The predicted molar refractivity (Wildman–Crippen MR) is 93.4 cm³/mol. The van der Waals surface area contributed by atoms with Gasteiger partial charge in [-0.15, -0.1) is 0 Å². The smallest absolute Gasteiger partial charge is 0.246 e. The van der Waals surface area contributed by atoms with Gasteiger partial charge in [-0.2, -0.15) is 4.31 Å². The maximum absolute atomic E-state index is 13.9. The quantitative estimate of drug-likeness (QED) is 0.797.